The maximum atomic E-state index is 4.85. The summed E-state index contributed by atoms with van der Waals surface area (Å²) in [5.74, 6) is 0. The lowest BCUT2D eigenvalue weighted by Crippen LogP contribution is -1.95. The van der Waals surface area contributed by atoms with Crippen LogP contribution in [-0.2, 0) is 0 Å². The molecule has 0 amide bonds. The SMILES string of the molecule is Cc1ccc(Nc2cc(-c3ccc(C)cc3)nc3ccccc23)cc1.Cl. The summed E-state index contributed by atoms with van der Waals surface area (Å²) >= 11 is 0. The molecule has 0 radical (unpaired) electrons. The van der Waals surface area contributed by atoms with E-state index in [1.165, 1.54) is 11.1 Å². The molecule has 0 bridgehead atoms. The molecule has 1 aromatic heterocycles. The van der Waals surface area contributed by atoms with Crippen LogP contribution in [-0.4, -0.2) is 4.98 Å². The maximum absolute atomic E-state index is 4.85. The van der Waals surface area contributed by atoms with Gasteiger partial charge in [-0.1, -0.05) is 65.7 Å². The number of benzene rings is 3. The number of fused-ring (bicyclic) bond motifs is 1. The van der Waals surface area contributed by atoms with Crippen molar-refractivity contribution >= 4 is 34.7 Å². The van der Waals surface area contributed by atoms with Crippen LogP contribution in [0.4, 0.5) is 11.4 Å². The van der Waals surface area contributed by atoms with Crippen LogP contribution < -0.4 is 5.32 Å². The van der Waals surface area contributed by atoms with Crippen molar-refractivity contribution in [1.82, 2.24) is 4.98 Å². The molecule has 0 aliphatic rings. The van der Waals surface area contributed by atoms with Crippen molar-refractivity contribution in [2.75, 3.05) is 5.32 Å². The maximum Gasteiger partial charge on any atom is 0.0730 e. The van der Waals surface area contributed by atoms with Crippen molar-refractivity contribution in [2.24, 2.45) is 0 Å². The minimum Gasteiger partial charge on any atom is -0.355 e. The molecular weight excluding hydrogens is 340 g/mol. The second kappa shape index (κ2) is 7.59. The molecule has 0 saturated carbocycles. The zero-order chi connectivity index (χ0) is 17.2. The molecule has 1 heterocycles. The number of halogens is 1. The van der Waals surface area contributed by atoms with Gasteiger partial charge in [-0.05, 0) is 38.1 Å². The first-order chi connectivity index (χ1) is 12.2. The first-order valence-electron chi connectivity index (χ1n) is 8.49. The van der Waals surface area contributed by atoms with E-state index in [0.717, 1.165) is 33.5 Å². The Balaban J connectivity index is 0.00000196. The van der Waals surface area contributed by atoms with Crippen molar-refractivity contribution in [3.8, 4) is 11.3 Å². The highest BCUT2D eigenvalue weighted by Gasteiger charge is 2.08. The third-order valence-corrected chi connectivity index (χ3v) is 4.39. The second-order valence-electron chi connectivity index (χ2n) is 6.43. The summed E-state index contributed by atoms with van der Waals surface area (Å²) in [6, 6.07) is 27.3. The van der Waals surface area contributed by atoms with Gasteiger partial charge in [-0.3, -0.25) is 0 Å². The number of nitrogens with zero attached hydrogens (tertiary/aromatic N) is 1. The fourth-order valence-corrected chi connectivity index (χ4v) is 2.94. The van der Waals surface area contributed by atoms with Crippen molar-refractivity contribution < 1.29 is 0 Å². The van der Waals surface area contributed by atoms with E-state index in [2.05, 4.69) is 92.0 Å². The molecule has 2 nitrogen and oxygen atoms in total. The largest absolute Gasteiger partial charge is 0.355 e. The molecule has 3 heteroatoms. The molecule has 3 aromatic carbocycles. The minimum atomic E-state index is 0. The lowest BCUT2D eigenvalue weighted by atomic mass is 10.1. The van der Waals surface area contributed by atoms with E-state index in [1.807, 2.05) is 6.07 Å². The monoisotopic (exact) mass is 360 g/mol. The summed E-state index contributed by atoms with van der Waals surface area (Å²) < 4.78 is 0. The summed E-state index contributed by atoms with van der Waals surface area (Å²) in [7, 11) is 0. The predicted octanol–water partition coefficient (Wildman–Crippen LogP) is 6.68. The molecule has 0 aliphatic carbocycles. The third-order valence-electron chi connectivity index (χ3n) is 4.39. The van der Waals surface area contributed by atoms with E-state index in [4.69, 9.17) is 4.98 Å². The average Bonchev–Trinajstić information content (AvgIpc) is 2.64. The molecule has 0 fully saturated rings. The van der Waals surface area contributed by atoms with Gasteiger partial charge >= 0.3 is 0 Å². The van der Waals surface area contributed by atoms with E-state index in [1.54, 1.807) is 0 Å². The van der Waals surface area contributed by atoms with Crippen LogP contribution in [0.15, 0.2) is 78.9 Å². The minimum absolute atomic E-state index is 0. The molecule has 4 aromatic rings. The van der Waals surface area contributed by atoms with Crippen LogP contribution in [0.25, 0.3) is 22.2 Å². The Morgan fingerprint density at radius 3 is 2.04 bits per heavy atom. The van der Waals surface area contributed by atoms with E-state index >= 15 is 0 Å². The Hall–Kier alpha value is -2.84. The van der Waals surface area contributed by atoms with Gasteiger partial charge in [0.2, 0.25) is 0 Å². The Morgan fingerprint density at radius 1 is 0.731 bits per heavy atom. The average molecular weight is 361 g/mol. The van der Waals surface area contributed by atoms with Crippen LogP contribution in [0.1, 0.15) is 11.1 Å². The van der Waals surface area contributed by atoms with Gasteiger partial charge < -0.3 is 5.32 Å². The fraction of sp³-hybridized carbons (Fsp3) is 0.0870. The molecule has 0 atom stereocenters. The van der Waals surface area contributed by atoms with Crippen molar-refractivity contribution in [2.45, 2.75) is 13.8 Å². The van der Waals surface area contributed by atoms with Gasteiger partial charge in [-0.15, -0.1) is 12.4 Å². The van der Waals surface area contributed by atoms with Gasteiger partial charge in [0.1, 0.15) is 0 Å². The van der Waals surface area contributed by atoms with Crippen molar-refractivity contribution in [1.29, 1.82) is 0 Å². The molecule has 0 aliphatic heterocycles. The summed E-state index contributed by atoms with van der Waals surface area (Å²) in [6.45, 7) is 4.20. The zero-order valence-corrected chi connectivity index (χ0v) is 15.7. The van der Waals surface area contributed by atoms with Crippen molar-refractivity contribution in [3.05, 3.63) is 90.0 Å². The van der Waals surface area contributed by atoms with Crippen LogP contribution in [0.5, 0.6) is 0 Å². The summed E-state index contributed by atoms with van der Waals surface area (Å²) in [5.41, 5.74) is 7.77. The number of para-hydroxylation sites is 1. The van der Waals surface area contributed by atoms with Gasteiger partial charge in [0.25, 0.3) is 0 Å². The number of aryl methyl sites for hydroxylation is 2. The number of anilines is 2. The fourth-order valence-electron chi connectivity index (χ4n) is 2.94. The summed E-state index contributed by atoms with van der Waals surface area (Å²) in [4.78, 5) is 4.85. The molecule has 0 unspecified atom stereocenters. The van der Waals surface area contributed by atoms with Gasteiger partial charge in [0.15, 0.2) is 0 Å². The number of hydrogen-bond donors (Lipinski definition) is 1. The van der Waals surface area contributed by atoms with Crippen molar-refractivity contribution in [3.63, 3.8) is 0 Å². The molecular formula is C23H21ClN2. The van der Waals surface area contributed by atoms with Crippen LogP contribution in [0.3, 0.4) is 0 Å². The summed E-state index contributed by atoms with van der Waals surface area (Å²) in [6.07, 6.45) is 0. The molecule has 130 valence electrons. The standard InChI is InChI=1S/C23H20N2.ClH/c1-16-7-11-18(12-8-16)22-15-23(20-5-3-4-6-21(20)25-22)24-19-13-9-17(2)10-14-19;/h3-15H,1-2H3,(H,24,25);1H. The van der Waals surface area contributed by atoms with E-state index in [9.17, 15) is 0 Å². The number of hydrogen-bond acceptors (Lipinski definition) is 2. The lowest BCUT2D eigenvalue weighted by Gasteiger charge is -2.12. The Morgan fingerprint density at radius 2 is 1.35 bits per heavy atom. The number of aromatic nitrogens is 1. The first kappa shape index (κ1) is 18.0. The van der Waals surface area contributed by atoms with Crippen LogP contribution >= 0.6 is 12.4 Å². The van der Waals surface area contributed by atoms with Crippen LogP contribution in [0.2, 0.25) is 0 Å². The Bertz CT molecular complexity index is 1020. The lowest BCUT2D eigenvalue weighted by molar-refractivity contribution is 1.38. The highest BCUT2D eigenvalue weighted by molar-refractivity contribution is 5.95. The number of nitrogens with one attached hydrogen (secondary N) is 1. The Kier molecular flexibility index (Phi) is 5.24. The summed E-state index contributed by atoms with van der Waals surface area (Å²) in [5, 5.41) is 4.68. The van der Waals surface area contributed by atoms with Gasteiger partial charge in [0, 0.05) is 16.6 Å². The van der Waals surface area contributed by atoms with Gasteiger partial charge in [-0.2, -0.15) is 0 Å². The second-order valence-corrected chi connectivity index (χ2v) is 6.43. The van der Waals surface area contributed by atoms with Gasteiger partial charge in [0.05, 0.1) is 16.9 Å². The predicted molar refractivity (Wildman–Crippen MR) is 114 cm³/mol. The number of rotatable bonds is 3. The first-order valence-corrected chi connectivity index (χ1v) is 8.49. The van der Waals surface area contributed by atoms with E-state index < -0.39 is 0 Å². The quantitative estimate of drug-likeness (QED) is 0.440. The zero-order valence-electron chi connectivity index (χ0n) is 14.9. The highest BCUT2D eigenvalue weighted by atomic mass is 35.5. The molecule has 0 spiro atoms. The molecule has 26 heavy (non-hydrogen) atoms. The van der Waals surface area contributed by atoms with E-state index in [0.29, 0.717) is 0 Å². The highest BCUT2D eigenvalue weighted by Crippen LogP contribution is 2.30. The Labute approximate surface area is 160 Å². The molecule has 0 saturated heterocycles. The van der Waals surface area contributed by atoms with E-state index in [-0.39, 0.29) is 12.4 Å². The number of pyridine rings is 1. The smallest absolute Gasteiger partial charge is 0.0730 e. The molecule has 4 rings (SSSR count). The van der Waals surface area contributed by atoms with Crippen LogP contribution in [0, 0.1) is 13.8 Å². The normalized spacial score (nSPS) is 10.4. The third kappa shape index (κ3) is 3.71. The molecule has 1 N–H and O–H groups in total. The topological polar surface area (TPSA) is 24.9 Å². The van der Waals surface area contributed by atoms with Gasteiger partial charge in [-0.25, -0.2) is 4.98 Å².